The zero-order valence-corrected chi connectivity index (χ0v) is 11.8. The van der Waals surface area contributed by atoms with Crippen molar-refractivity contribution < 1.29 is 4.74 Å². The first kappa shape index (κ1) is 13.5. The van der Waals surface area contributed by atoms with Gasteiger partial charge in [-0.25, -0.2) is 0 Å². The average molecular weight is 252 g/mol. The Morgan fingerprint density at radius 1 is 1.61 bits per heavy atom. The molecule has 1 fully saturated rings. The van der Waals surface area contributed by atoms with Crippen LogP contribution in [0.4, 0.5) is 0 Å². The molecule has 18 heavy (non-hydrogen) atoms. The summed E-state index contributed by atoms with van der Waals surface area (Å²) in [7, 11) is 1.93. The van der Waals surface area contributed by atoms with Crippen LogP contribution in [0.3, 0.4) is 0 Å². The number of ether oxygens (including phenoxy) is 1. The molecule has 0 amide bonds. The van der Waals surface area contributed by atoms with Gasteiger partial charge in [0.05, 0.1) is 23.9 Å². The zero-order chi connectivity index (χ0) is 13.3. The predicted octanol–water partition coefficient (Wildman–Crippen LogP) is 0.919. The molecule has 1 aromatic heterocycles. The van der Waals surface area contributed by atoms with Gasteiger partial charge in [0.1, 0.15) is 0 Å². The Bertz CT molecular complexity index is 401. The summed E-state index contributed by atoms with van der Waals surface area (Å²) < 4.78 is 7.76. The van der Waals surface area contributed by atoms with Crippen molar-refractivity contribution in [3.63, 3.8) is 0 Å². The molecule has 2 heterocycles. The quantitative estimate of drug-likeness (QED) is 0.869. The van der Waals surface area contributed by atoms with E-state index in [-0.39, 0.29) is 17.7 Å². The van der Waals surface area contributed by atoms with E-state index in [0.717, 1.165) is 13.1 Å². The Kier molecular flexibility index (Phi) is 3.75. The number of rotatable bonds is 3. The maximum atomic E-state index is 5.96. The molecule has 102 valence electrons. The van der Waals surface area contributed by atoms with Crippen LogP contribution in [0.1, 0.15) is 32.4 Å². The second-order valence-electron chi connectivity index (χ2n) is 5.82. The van der Waals surface area contributed by atoms with Crippen molar-refractivity contribution in [3.05, 3.63) is 18.0 Å². The van der Waals surface area contributed by atoms with Crippen LogP contribution >= 0.6 is 0 Å². The number of morpholine rings is 1. The van der Waals surface area contributed by atoms with Crippen molar-refractivity contribution in [1.82, 2.24) is 14.7 Å². The molecule has 5 heteroatoms. The summed E-state index contributed by atoms with van der Waals surface area (Å²) in [6, 6.07) is 0.226. The molecule has 1 aliphatic heterocycles. The summed E-state index contributed by atoms with van der Waals surface area (Å²) in [4.78, 5) is 2.41. The molecule has 2 rings (SSSR count). The molecule has 1 aromatic rings. The lowest BCUT2D eigenvalue weighted by Crippen LogP contribution is -2.53. The normalized spacial score (nSPS) is 26.2. The third-order valence-electron chi connectivity index (χ3n) is 3.37. The molecule has 0 aromatic carbocycles. The van der Waals surface area contributed by atoms with Gasteiger partial charge < -0.3 is 10.5 Å². The number of hydrogen-bond donors (Lipinski definition) is 1. The van der Waals surface area contributed by atoms with Gasteiger partial charge in [-0.3, -0.25) is 9.58 Å². The van der Waals surface area contributed by atoms with Crippen molar-refractivity contribution in [2.75, 3.05) is 19.6 Å². The summed E-state index contributed by atoms with van der Waals surface area (Å²) >= 11 is 0. The Balaban J connectivity index is 2.17. The van der Waals surface area contributed by atoms with E-state index >= 15 is 0 Å². The molecule has 2 N–H and O–H groups in total. The highest BCUT2D eigenvalue weighted by Gasteiger charge is 2.35. The van der Waals surface area contributed by atoms with Gasteiger partial charge in [0.25, 0.3) is 0 Å². The van der Waals surface area contributed by atoms with Crippen LogP contribution < -0.4 is 5.73 Å². The topological polar surface area (TPSA) is 56.3 Å². The van der Waals surface area contributed by atoms with E-state index in [1.165, 1.54) is 5.56 Å². The molecule has 0 spiro atoms. The maximum absolute atomic E-state index is 5.96. The second-order valence-corrected chi connectivity index (χ2v) is 5.82. The smallest absolute Gasteiger partial charge is 0.0757 e. The van der Waals surface area contributed by atoms with E-state index in [1.807, 2.05) is 24.1 Å². The first-order chi connectivity index (χ1) is 8.41. The van der Waals surface area contributed by atoms with E-state index in [1.54, 1.807) is 0 Å². The van der Waals surface area contributed by atoms with Crippen LogP contribution in [0.15, 0.2) is 12.4 Å². The van der Waals surface area contributed by atoms with Crippen molar-refractivity contribution in [2.45, 2.75) is 38.5 Å². The molecule has 0 bridgehead atoms. The molecule has 2 unspecified atom stereocenters. The predicted molar refractivity (Wildman–Crippen MR) is 71.2 cm³/mol. The molecule has 2 atom stereocenters. The molecule has 0 saturated carbocycles. The fourth-order valence-electron chi connectivity index (χ4n) is 2.85. The van der Waals surface area contributed by atoms with Gasteiger partial charge in [-0.15, -0.1) is 0 Å². The number of nitrogens with two attached hydrogens (primary N) is 1. The molecule has 1 aliphatic rings. The fourth-order valence-corrected chi connectivity index (χ4v) is 2.85. The first-order valence-electron chi connectivity index (χ1n) is 6.52. The number of nitrogens with zero attached hydrogens (tertiary/aromatic N) is 3. The van der Waals surface area contributed by atoms with Crippen LogP contribution in [0.2, 0.25) is 0 Å². The van der Waals surface area contributed by atoms with Crippen molar-refractivity contribution in [3.8, 4) is 0 Å². The van der Waals surface area contributed by atoms with Crippen LogP contribution in [-0.2, 0) is 11.8 Å². The lowest BCUT2D eigenvalue weighted by atomic mass is 10.0. The summed E-state index contributed by atoms with van der Waals surface area (Å²) in [5.74, 6) is 0. The standard InChI is InChI=1S/C13H24N4O/c1-10-7-17(9-13(2,3)18-10)12(5-14)11-6-15-16(4)8-11/h6,8,10,12H,5,7,9,14H2,1-4H3. The lowest BCUT2D eigenvalue weighted by molar-refractivity contribution is -0.137. The fraction of sp³-hybridized carbons (Fsp3) is 0.769. The third-order valence-corrected chi connectivity index (χ3v) is 3.37. The summed E-state index contributed by atoms with van der Waals surface area (Å²) in [6.07, 6.45) is 4.19. The highest BCUT2D eigenvalue weighted by Crippen LogP contribution is 2.28. The highest BCUT2D eigenvalue weighted by atomic mass is 16.5. The second kappa shape index (κ2) is 4.99. The minimum atomic E-state index is -0.118. The van der Waals surface area contributed by atoms with Crippen LogP contribution in [0.25, 0.3) is 0 Å². The van der Waals surface area contributed by atoms with Crippen LogP contribution in [0, 0.1) is 0 Å². The molecule has 1 saturated heterocycles. The van der Waals surface area contributed by atoms with Crippen LogP contribution in [-0.4, -0.2) is 46.0 Å². The molecule has 0 radical (unpaired) electrons. The number of aromatic nitrogens is 2. The van der Waals surface area contributed by atoms with Gasteiger partial charge >= 0.3 is 0 Å². The number of aryl methyl sites for hydroxylation is 1. The minimum Gasteiger partial charge on any atom is -0.370 e. The molecular weight excluding hydrogens is 228 g/mol. The van der Waals surface area contributed by atoms with E-state index in [9.17, 15) is 0 Å². The Hall–Kier alpha value is -0.910. The van der Waals surface area contributed by atoms with Gasteiger partial charge in [-0.1, -0.05) is 0 Å². The first-order valence-corrected chi connectivity index (χ1v) is 6.52. The van der Waals surface area contributed by atoms with Gasteiger partial charge in [0, 0.05) is 38.4 Å². The number of hydrogen-bond acceptors (Lipinski definition) is 4. The van der Waals surface area contributed by atoms with Crippen molar-refractivity contribution >= 4 is 0 Å². The summed E-state index contributed by atoms with van der Waals surface area (Å²) in [5.41, 5.74) is 7.03. The minimum absolute atomic E-state index is 0.118. The van der Waals surface area contributed by atoms with Gasteiger partial charge in [0.15, 0.2) is 0 Å². The largest absolute Gasteiger partial charge is 0.370 e. The van der Waals surface area contributed by atoms with E-state index in [2.05, 4.69) is 30.8 Å². The van der Waals surface area contributed by atoms with Crippen LogP contribution in [0.5, 0.6) is 0 Å². The summed E-state index contributed by atoms with van der Waals surface area (Å²) in [5, 5.41) is 4.24. The Morgan fingerprint density at radius 2 is 2.33 bits per heavy atom. The van der Waals surface area contributed by atoms with Gasteiger partial charge in [-0.05, 0) is 20.8 Å². The van der Waals surface area contributed by atoms with E-state index in [4.69, 9.17) is 10.5 Å². The summed E-state index contributed by atoms with van der Waals surface area (Å²) in [6.45, 7) is 8.80. The Morgan fingerprint density at radius 3 is 2.83 bits per heavy atom. The van der Waals surface area contributed by atoms with E-state index in [0.29, 0.717) is 6.54 Å². The van der Waals surface area contributed by atoms with Gasteiger partial charge in [-0.2, -0.15) is 5.10 Å². The molecule has 5 nitrogen and oxygen atoms in total. The van der Waals surface area contributed by atoms with E-state index < -0.39 is 0 Å². The maximum Gasteiger partial charge on any atom is 0.0757 e. The zero-order valence-electron chi connectivity index (χ0n) is 11.8. The lowest BCUT2D eigenvalue weighted by Gasteiger charge is -2.44. The molecule has 0 aliphatic carbocycles. The Labute approximate surface area is 109 Å². The molecular formula is C13H24N4O. The average Bonchev–Trinajstić information content (AvgIpc) is 2.63. The third kappa shape index (κ3) is 2.91. The SMILES string of the molecule is CC1CN(C(CN)c2cnn(C)c2)CC(C)(C)O1. The van der Waals surface area contributed by atoms with Crippen molar-refractivity contribution in [1.29, 1.82) is 0 Å². The monoisotopic (exact) mass is 252 g/mol. The van der Waals surface area contributed by atoms with Crippen molar-refractivity contribution in [2.24, 2.45) is 12.8 Å². The van der Waals surface area contributed by atoms with Gasteiger partial charge in [0.2, 0.25) is 0 Å². The highest BCUT2D eigenvalue weighted by molar-refractivity contribution is 5.12.